The van der Waals surface area contributed by atoms with Gasteiger partial charge in [0.1, 0.15) is 0 Å². The molecule has 0 aliphatic heterocycles. The van der Waals surface area contributed by atoms with Gasteiger partial charge in [-0.05, 0) is 0 Å². The van der Waals surface area contributed by atoms with Crippen molar-refractivity contribution in [1.82, 2.24) is 0 Å². The molecule has 2 N–H and O–H groups in total. The Morgan fingerprint density at radius 1 is 1.25 bits per heavy atom. The molecule has 5 nitrogen and oxygen atoms in total. The van der Waals surface area contributed by atoms with Gasteiger partial charge >= 0.3 is 10.4 Å². The van der Waals surface area contributed by atoms with Crippen molar-refractivity contribution in [3.8, 4) is 0 Å². The topological polar surface area (TPSA) is 83.8 Å². The van der Waals surface area contributed by atoms with Gasteiger partial charge in [0.15, 0.2) is 0 Å². The Kier molecular flexibility index (Phi) is 7.79. The van der Waals surface area contributed by atoms with Crippen LogP contribution >= 0.6 is 23.7 Å². The van der Waals surface area contributed by atoms with E-state index in [-0.39, 0.29) is 0 Å². The van der Waals surface area contributed by atoms with Crippen molar-refractivity contribution in [2.45, 2.75) is 0 Å². The van der Waals surface area contributed by atoms with Gasteiger partial charge in [-0.25, -0.2) is 0 Å². The highest BCUT2D eigenvalue weighted by Gasteiger charge is 1.84. The van der Waals surface area contributed by atoms with Gasteiger partial charge in [0.2, 0.25) is 0 Å². The SMILES string of the molecule is ClOCl.O=S(=O)(O)O. The normalized spacial score (nSPS) is 9.50. The van der Waals surface area contributed by atoms with E-state index in [0.717, 1.165) is 0 Å². The highest BCUT2D eigenvalue weighted by atomic mass is 35.6. The van der Waals surface area contributed by atoms with E-state index in [4.69, 9.17) is 17.5 Å². The van der Waals surface area contributed by atoms with E-state index in [1.807, 2.05) is 0 Å². The quantitative estimate of drug-likeness (QED) is 0.541. The molecule has 0 aromatic carbocycles. The molecular formula is H2Cl2O5S. The summed E-state index contributed by atoms with van der Waals surface area (Å²) in [4.78, 5) is 0. The Bertz CT molecular complexity index is 104. The first-order valence-corrected chi connectivity index (χ1v) is 3.02. The molecule has 0 amide bonds. The summed E-state index contributed by atoms with van der Waals surface area (Å²) < 4.78 is 34.8. The molecule has 0 heterocycles. The summed E-state index contributed by atoms with van der Waals surface area (Å²) in [6.07, 6.45) is 0. The molecule has 52 valence electrons. The molecule has 0 unspecified atom stereocenters. The van der Waals surface area contributed by atoms with Crippen LogP contribution in [0.3, 0.4) is 0 Å². The third-order valence-electron chi connectivity index (χ3n) is 0. The van der Waals surface area contributed by atoms with Gasteiger partial charge in [0, 0.05) is 0 Å². The minimum atomic E-state index is -4.67. The Hall–Kier alpha value is 0.410. The second-order valence-corrected chi connectivity index (χ2v) is 1.87. The van der Waals surface area contributed by atoms with Crippen LogP contribution < -0.4 is 0 Å². The lowest BCUT2D eigenvalue weighted by Gasteiger charge is -1.68. The third kappa shape index (κ3) is 1120. The van der Waals surface area contributed by atoms with Crippen LogP contribution in [0.5, 0.6) is 0 Å². The lowest BCUT2D eigenvalue weighted by Crippen LogP contribution is -1.89. The monoisotopic (exact) mass is 184 g/mol. The van der Waals surface area contributed by atoms with Crippen LogP contribution in [0.25, 0.3) is 0 Å². The summed E-state index contributed by atoms with van der Waals surface area (Å²) in [5.74, 6) is 0. The Morgan fingerprint density at radius 3 is 1.25 bits per heavy atom. The molecule has 0 rings (SSSR count). The van der Waals surface area contributed by atoms with Gasteiger partial charge in [0.25, 0.3) is 0 Å². The molecule has 0 spiro atoms. The molecule has 8 heteroatoms. The first-order valence-electron chi connectivity index (χ1n) is 1.01. The fourth-order valence-corrected chi connectivity index (χ4v) is 0. The molecule has 0 aromatic rings. The van der Waals surface area contributed by atoms with Crippen molar-refractivity contribution in [3.63, 3.8) is 0 Å². The average molecular weight is 185 g/mol. The number of halogens is 2. The predicted octanol–water partition coefficient (Wildman–Crippen LogP) is 0.658. The maximum atomic E-state index is 8.74. The van der Waals surface area contributed by atoms with Crippen molar-refractivity contribution in [3.05, 3.63) is 0 Å². The second-order valence-electron chi connectivity index (χ2n) is 0.506. The molecule has 0 radical (unpaired) electrons. The molecule has 0 fully saturated rings. The minimum Gasteiger partial charge on any atom is -0.264 e. The molecule has 0 aliphatic rings. The second kappa shape index (κ2) is 5.54. The molecular weight excluding hydrogens is 183 g/mol. The molecule has 0 aromatic heterocycles. The molecule has 0 saturated carbocycles. The van der Waals surface area contributed by atoms with E-state index >= 15 is 0 Å². The predicted molar refractivity (Wildman–Crippen MR) is 27.0 cm³/mol. The van der Waals surface area contributed by atoms with E-state index in [9.17, 15) is 0 Å². The van der Waals surface area contributed by atoms with Gasteiger partial charge in [-0.1, -0.05) is 0 Å². The summed E-state index contributed by atoms with van der Waals surface area (Å²) in [7, 11) is -4.67. The van der Waals surface area contributed by atoms with Gasteiger partial charge in [-0.15, -0.1) is 0 Å². The Morgan fingerprint density at radius 2 is 1.25 bits per heavy atom. The van der Waals surface area contributed by atoms with E-state index in [2.05, 4.69) is 27.6 Å². The minimum absolute atomic E-state index is 3.19. The standard InChI is InChI=1S/Cl2O.H2O4S/c1-3-2;1-5(2,3)4/h;(H2,1,2,3,4). The number of hydrogen-bond donors (Lipinski definition) is 2. The molecule has 8 heavy (non-hydrogen) atoms. The van der Waals surface area contributed by atoms with Gasteiger partial charge < -0.3 is 0 Å². The first kappa shape index (κ1) is 11.2. The lowest BCUT2D eigenvalue weighted by atomic mass is 15.8. The van der Waals surface area contributed by atoms with Gasteiger partial charge in [-0.2, -0.15) is 12.3 Å². The van der Waals surface area contributed by atoms with Crippen LogP contribution in [-0.4, -0.2) is 17.5 Å². The highest BCUT2D eigenvalue weighted by molar-refractivity contribution is 7.79. The van der Waals surface area contributed by atoms with Crippen molar-refractivity contribution >= 4 is 34.1 Å². The molecule has 0 bridgehead atoms. The summed E-state index contributed by atoms with van der Waals surface area (Å²) in [5.41, 5.74) is 0. The summed E-state index contributed by atoms with van der Waals surface area (Å²) >= 11 is 8.53. The smallest absolute Gasteiger partial charge is 0.264 e. The first-order chi connectivity index (χ1) is 3.41. The number of rotatable bonds is 0. The summed E-state index contributed by atoms with van der Waals surface area (Å²) in [6.45, 7) is 0. The fraction of sp³-hybridized carbons (Fsp3) is 0. The van der Waals surface area contributed by atoms with Crippen molar-refractivity contribution in [2.75, 3.05) is 0 Å². The Labute approximate surface area is 56.1 Å². The van der Waals surface area contributed by atoms with E-state index in [0.29, 0.717) is 0 Å². The molecule has 0 atom stereocenters. The zero-order chi connectivity index (χ0) is 7.21. The Balaban J connectivity index is 0. The maximum Gasteiger partial charge on any atom is 0.394 e. The lowest BCUT2D eigenvalue weighted by molar-refractivity contribution is 0.381. The van der Waals surface area contributed by atoms with Crippen molar-refractivity contribution in [2.24, 2.45) is 0 Å². The van der Waals surface area contributed by atoms with Crippen LogP contribution in [0.15, 0.2) is 0 Å². The fourth-order valence-electron chi connectivity index (χ4n) is 0. The van der Waals surface area contributed by atoms with Crippen LogP contribution in [0, 0.1) is 0 Å². The van der Waals surface area contributed by atoms with Crippen molar-refractivity contribution < 1.29 is 21.4 Å². The summed E-state index contributed by atoms with van der Waals surface area (Å²) in [5, 5.41) is 0. The van der Waals surface area contributed by atoms with Gasteiger partial charge in [0.05, 0.1) is 23.7 Å². The third-order valence-corrected chi connectivity index (χ3v) is 0. The van der Waals surface area contributed by atoms with Crippen LogP contribution in [0.4, 0.5) is 0 Å². The van der Waals surface area contributed by atoms with E-state index in [1.54, 1.807) is 0 Å². The van der Waals surface area contributed by atoms with Crippen LogP contribution in [0.1, 0.15) is 0 Å². The highest BCUT2D eigenvalue weighted by Crippen LogP contribution is 1.78. The zero-order valence-corrected chi connectivity index (χ0v) is 5.61. The van der Waals surface area contributed by atoms with Crippen LogP contribution in [0.2, 0.25) is 0 Å². The van der Waals surface area contributed by atoms with Gasteiger partial charge in [-0.3, -0.25) is 9.11 Å². The number of hydrogen-bond acceptors (Lipinski definition) is 3. The largest absolute Gasteiger partial charge is 0.394 e. The average Bonchev–Trinajstić information content (AvgIpc) is 1.27. The molecule has 0 saturated heterocycles. The van der Waals surface area contributed by atoms with Crippen molar-refractivity contribution in [1.29, 1.82) is 0 Å². The maximum absolute atomic E-state index is 8.74. The van der Waals surface area contributed by atoms with E-state index in [1.165, 1.54) is 0 Å². The van der Waals surface area contributed by atoms with E-state index < -0.39 is 10.4 Å². The zero-order valence-electron chi connectivity index (χ0n) is 3.28. The summed E-state index contributed by atoms with van der Waals surface area (Å²) in [6, 6.07) is 0. The van der Waals surface area contributed by atoms with Crippen LogP contribution in [-0.2, 0) is 14.2 Å². The molecule has 0 aliphatic carbocycles.